The van der Waals surface area contributed by atoms with Gasteiger partial charge in [-0.15, -0.1) is 4.52 Å². The highest BCUT2D eigenvalue weighted by molar-refractivity contribution is 7.43. The van der Waals surface area contributed by atoms with Gasteiger partial charge in [-0.1, -0.05) is 18.2 Å². The predicted molar refractivity (Wildman–Crippen MR) is 106 cm³/mol. The second-order valence-corrected chi connectivity index (χ2v) is 7.71. The molecule has 0 amide bonds. The number of imidazole rings is 1. The number of aromatic hydroxyl groups is 1. The number of benzene rings is 1. The van der Waals surface area contributed by atoms with E-state index in [2.05, 4.69) is 15.0 Å². The van der Waals surface area contributed by atoms with E-state index in [1.807, 2.05) is 0 Å². The van der Waals surface area contributed by atoms with E-state index in [4.69, 9.17) is 15.0 Å². The Balaban J connectivity index is 1.41. The number of phenols is 1. The Labute approximate surface area is 171 Å². The molecule has 1 aliphatic rings. The van der Waals surface area contributed by atoms with Gasteiger partial charge in [0, 0.05) is 5.56 Å². The molecule has 5 N–H and O–H groups in total. The second kappa shape index (κ2) is 8.42. The van der Waals surface area contributed by atoms with Gasteiger partial charge >= 0.3 is 8.03 Å². The van der Waals surface area contributed by atoms with Gasteiger partial charge in [0.05, 0.1) is 6.33 Å². The molecule has 4 rings (SSSR count). The molecule has 2 unspecified atom stereocenters. The fraction of sp³-hybridized carbons (Fsp3) is 0.278. The monoisotopic (exact) mass is 432 g/mol. The van der Waals surface area contributed by atoms with Crippen LogP contribution in [0.1, 0.15) is 11.8 Å². The first-order chi connectivity index (χ1) is 14.5. The zero-order valence-corrected chi connectivity index (χ0v) is 16.4. The number of hydrogen-bond acceptors (Lipinski definition) is 10. The standard InChI is InChI=1S/C18H18N5O6P/c19-16-13-17(21-8-20-16)23(9-22-13)18-15(26)14(25)12(29-18)7-28-30(27)6-5-10-3-1-2-4-11(10)24/h1-6,8-9,12,14-15,18,25-26H,7H2,(H2-,19,20,21,24,27)/p+1/t12-,14+,15?,18-/m1/s1. The zero-order valence-electron chi connectivity index (χ0n) is 15.5. The number of rotatable bonds is 6. The summed E-state index contributed by atoms with van der Waals surface area (Å²) in [5.74, 6) is 1.53. The van der Waals surface area contributed by atoms with Crippen molar-refractivity contribution in [1.82, 2.24) is 19.5 Å². The number of anilines is 1. The molecule has 1 saturated heterocycles. The van der Waals surface area contributed by atoms with Crippen LogP contribution in [0.15, 0.2) is 42.7 Å². The highest BCUT2D eigenvalue weighted by Gasteiger charge is 2.45. The van der Waals surface area contributed by atoms with E-state index < -0.39 is 32.6 Å². The summed E-state index contributed by atoms with van der Waals surface area (Å²) < 4.78 is 24.5. The van der Waals surface area contributed by atoms with Crippen LogP contribution in [0.4, 0.5) is 5.82 Å². The van der Waals surface area contributed by atoms with E-state index in [0.29, 0.717) is 16.7 Å². The van der Waals surface area contributed by atoms with Crippen LogP contribution in [0.5, 0.6) is 5.75 Å². The first-order valence-corrected chi connectivity index (χ1v) is 10.2. The van der Waals surface area contributed by atoms with Crippen molar-refractivity contribution in [2.75, 3.05) is 12.3 Å². The maximum absolute atomic E-state index is 12.1. The lowest BCUT2D eigenvalue weighted by Crippen LogP contribution is -2.33. The number of hydrogen-bond donors (Lipinski definition) is 4. The quantitative estimate of drug-likeness (QED) is 0.415. The van der Waals surface area contributed by atoms with E-state index >= 15 is 0 Å². The summed E-state index contributed by atoms with van der Waals surface area (Å²) in [5.41, 5.74) is 6.95. The zero-order chi connectivity index (χ0) is 21.3. The van der Waals surface area contributed by atoms with Gasteiger partial charge in [0.15, 0.2) is 23.5 Å². The molecule has 2 aromatic heterocycles. The Morgan fingerprint density at radius 3 is 2.83 bits per heavy atom. The average molecular weight is 432 g/mol. The van der Waals surface area contributed by atoms with Crippen LogP contribution in [0.25, 0.3) is 17.2 Å². The molecule has 0 saturated carbocycles. The van der Waals surface area contributed by atoms with E-state index in [1.165, 1.54) is 35.2 Å². The topological polar surface area (TPSA) is 166 Å². The van der Waals surface area contributed by atoms with Crippen molar-refractivity contribution < 1.29 is 29.1 Å². The lowest BCUT2D eigenvalue weighted by Gasteiger charge is -2.16. The highest BCUT2D eigenvalue weighted by Crippen LogP contribution is 2.34. The number of aromatic nitrogens is 4. The molecular weight excluding hydrogens is 413 g/mol. The van der Waals surface area contributed by atoms with Crippen molar-refractivity contribution in [1.29, 1.82) is 0 Å². The van der Waals surface area contributed by atoms with Gasteiger partial charge in [-0.2, -0.15) is 0 Å². The second-order valence-electron chi connectivity index (χ2n) is 6.58. The van der Waals surface area contributed by atoms with Gasteiger partial charge in [-0.25, -0.2) is 15.0 Å². The molecule has 0 spiro atoms. The maximum atomic E-state index is 12.1. The average Bonchev–Trinajstić information content (AvgIpc) is 3.28. The highest BCUT2D eigenvalue weighted by atomic mass is 31.1. The number of fused-ring (bicyclic) bond motifs is 1. The molecule has 11 nitrogen and oxygen atoms in total. The molecule has 3 aromatic rings. The molecule has 0 radical (unpaired) electrons. The summed E-state index contributed by atoms with van der Waals surface area (Å²) in [6.07, 6.45) is -0.370. The van der Waals surface area contributed by atoms with Crippen LogP contribution >= 0.6 is 8.03 Å². The number of nitrogens with two attached hydrogens (primary N) is 1. The summed E-state index contributed by atoms with van der Waals surface area (Å²) in [5, 5.41) is 30.4. The maximum Gasteiger partial charge on any atom is 0.540 e. The van der Waals surface area contributed by atoms with Crippen molar-refractivity contribution in [3.63, 3.8) is 0 Å². The Kier molecular flexibility index (Phi) is 5.71. The third-order valence-corrected chi connectivity index (χ3v) is 5.47. The number of nitrogen functional groups attached to an aromatic ring is 1. The molecule has 0 bridgehead atoms. The van der Waals surface area contributed by atoms with Gasteiger partial charge in [-0.05, 0) is 16.7 Å². The molecule has 5 atom stereocenters. The molecule has 0 aliphatic carbocycles. The summed E-state index contributed by atoms with van der Waals surface area (Å²) >= 11 is 0. The molecule has 1 aliphatic heterocycles. The summed E-state index contributed by atoms with van der Waals surface area (Å²) in [6.45, 7) is -0.223. The normalized spacial score (nSPS) is 24.7. The molecule has 12 heteroatoms. The Hall–Kier alpha value is -2.95. The molecule has 3 heterocycles. The van der Waals surface area contributed by atoms with Crippen LogP contribution in [0, 0.1) is 0 Å². The van der Waals surface area contributed by atoms with Crippen LogP contribution in [-0.2, 0) is 13.8 Å². The third kappa shape index (κ3) is 3.89. The van der Waals surface area contributed by atoms with Crippen molar-refractivity contribution in [2.24, 2.45) is 0 Å². The number of para-hydroxylation sites is 1. The van der Waals surface area contributed by atoms with E-state index in [-0.39, 0.29) is 18.2 Å². The lowest BCUT2D eigenvalue weighted by molar-refractivity contribution is -0.0464. The number of aliphatic hydroxyl groups is 2. The predicted octanol–water partition coefficient (Wildman–Crippen LogP) is 1.16. The van der Waals surface area contributed by atoms with Crippen molar-refractivity contribution in [3.05, 3.63) is 48.3 Å². The summed E-state index contributed by atoms with van der Waals surface area (Å²) in [4.78, 5) is 12.1. The van der Waals surface area contributed by atoms with E-state index in [1.54, 1.807) is 18.2 Å². The largest absolute Gasteiger partial charge is 0.540 e. The number of nitrogens with zero attached hydrogens (tertiary/aromatic N) is 4. The summed E-state index contributed by atoms with van der Waals surface area (Å²) in [6, 6.07) is 6.57. The number of ether oxygens (including phenoxy) is 1. The Bertz CT molecular complexity index is 1110. The Morgan fingerprint density at radius 1 is 1.23 bits per heavy atom. The van der Waals surface area contributed by atoms with Crippen LogP contribution in [0.3, 0.4) is 0 Å². The van der Waals surface area contributed by atoms with Crippen LogP contribution < -0.4 is 5.73 Å². The fourth-order valence-electron chi connectivity index (χ4n) is 3.11. The summed E-state index contributed by atoms with van der Waals surface area (Å²) in [7, 11) is -2.23. The Morgan fingerprint density at radius 2 is 2.03 bits per heavy atom. The van der Waals surface area contributed by atoms with Gasteiger partial charge in [-0.3, -0.25) is 4.57 Å². The van der Waals surface area contributed by atoms with Crippen molar-refractivity contribution in [3.8, 4) is 5.75 Å². The molecule has 156 valence electrons. The molecule has 1 fully saturated rings. The van der Waals surface area contributed by atoms with Crippen molar-refractivity contribution >= 4 is 31.1 Å². The van der Waals surface area contributed by atoms with Gasteiger partial charge in [0.25, 0.3) is 0 Å². The SMILES string of the molecule is Nc1ncnc2c1ncn2[C@@H]1O[C@H](CO[P+](=O)/C=C/c2ccccc2O)[C@H](O)C1O. The smallest absolute Gasteiger partial charge is 0.507 e. The lowest BCUT2D eigenvalue weighted by atomic mass is 10.1. The minimum absolute atomic E-state index is 0.0506. The first-order valence-electron chi connectivity index (χ1n) is 8.96. The van der Waals surface area contributed by atoms with Gasteiger partial charge in [0.1, 0.15) is 42.5 Å². The number of phenolic OH excluding ortho intramolecular Hbond substituents is 1. The van der Waals surface area contributed by atoms with E-state index in [9.17, 15) is 19.9 Å². The van der Waals surface area contributed by atoms with Crippen LogP contribution in [-0.4, -0.2) is 59.8 Å². The van der Waals surface area contributed by atoms with Crippen molar-refractivity contribution in [2.45, 2.75) is 24.5 Å². The van der Waals surface area contributed by atoms with Gasteiger partial charge < -0.3 is 25.8 Å². The fourth-order valence-corrected chi connectivity index (χ4v) is 3.77. The van der Waals surface area contributed by atoms with Gasteiger partial charge in [0.2, 0.25) is 0 Å². The van der Waals surface area contributed by atoms with E-state index in [0.717, 1.165) is 0 Å². The minimum atomic E-state index is -2.23. The third-order valence-electron chi connectivity index (χ3n) is 4.68. The number of aliphatic hydroxyl groups excluding tert-OH is 2. The minimum Gasteiger partial charge on any atom is -0.507 e. The first kappa shape index (κ1) is 20.3. The van der Waals surface area contributed by atoms with Crippen LogP contribution in [0.2, 0.25) is 0 Å². The molecular formula is C18H19N5O6P+. The molecule has 1 aromatic carbocycles. The molecule has 30 heavy (non-hydrogen) atoms.